The molecule has 0 aromatic carbocycles. The Labute approximate surface area is 181 Å². The number of pyridine rings is 1. The lowest BCUT2D eigenvalue weighted by molar-refractivity contribution is -0.116. The van der Waals surface area contributed by atoms with Crippen molar-refractivity contribution in [1.82, 2.24) is 15.6 Å². The monoisotopic (exact) mass is 433 g/mol. The molecule has 3 saturated heterocycles. The van der Waals surface area contributed by atoms with Gasteiger partial charge in [0.2, 0.25) is 5.91 Å². The van der Waals surface area contributed by atoms with Gasteiger partial charge in [-0.05, 0) is 38.8 Å². The molecule has 3 amide bonds. The Hall–Kier alpha value is -2.00. The molecule has 8 nitrogen and oxygen atoms in total. The molecule has 164 valence electrons. The maximum atomic E-state index is 12.3. The summed E-state index contributed by atoms with van der Waals surface area (Å²) in [4.78, 5) is 30.4. The van der Waals surface area contributed by atoms with E-state index >= 15 is 0 Å². The molecule has 0 bridgehead atoms. The fourth-order valence-electron chi connectivity index (χ4n) is 4.51. The van der Waals surface area contributed by atoms with Crippen LogP contribution in [0, 0.1) is 0 Å². The van der Waals surface area contributed by atoms with Crippen molar-refractivity contribution in [2.45, 2.75) is 69.1 Å². The number of amides is 3. The average molecular weight is 434 g/mol. The maximum absolute atomic E-state index is 12.3. The number of hydrogen-bond donors (Lipinski definition) is 3. The first-order valence-electron chi connectivity index (χ1n) is 10.8. The summed E-state index contributed by atoms with van der Waals surface area (Å²) in [6.07, 6.45) is 5.44. The highest BCUT2D eigenvalue weighted by atomic mass is 32.2. The lowest BCUT2D eigenvalue weighted by Crippen LogP contribution is -2.45. The summed E-state index contributed by atoms with van der Waals surface area (Å²) < 4.78 is 5.77. The number of rotatable bonds is 7. The van der Waals surface area contributed by atoms with Gasteiger partial charge < -0.3 is 25.6 Å². The van der Waals surface area contributed by atoms with Crippen LogP contribution in [0.2, 0.25) is 0 Å². The normalized spacial score (nSPS) is 30.5. The molecule has 0 unspecified atom stereocenters. The fraction of sp³-hybridized carbons (Fsp3) is 0.667. The van der Waals surface area contributed by atoms with Crippen LogP contribution < -0.4 is 20.9 Å². The first kappa shape index (κ1) is 21.2. The van der Waals surface area contributed by atoms with Crippen molar-refractivity contribution in [3.05, 3.63) is 18.3 Å². The Morgan fingerprint density at radius 2 is 2.07 bits per heavy atom. The third-order valence-corrected chi connectivity index (χ3v) is 7.36. The molecule has 0 saturated carbocycles. The summed E-state index contributed by atoms with van der Waals surface area (Å²) >= 11 is 1.91. The molecule has 30 heavy (non-hydrogen) atoms. The molecule has 3 aliphatic rings. The summed E-state index contributed by atoms with van der Waals surface area (Å²) in [7, 11) is 0. The number of ether oxygens (including phenoxy) is 1. The van der Waals surface area contributed by atoms with E-state index in [9.17, 15) is 9.59 Å². The van der Waals surface area contributed by atoms with Gasteiger partial charge >= 0.3 is 6.03 Å². The quantitative estimate of drug-likeness (QED) is 0.451. The first-order valence-corrected chi connectivity index (χ1v) is 11.9. The zero-order chi connectivity index (χ0) is 21.1. The molecule has 5 atom stereocenters. The maximum Gasteiger partial charge on any atom is 0.315 e. The van der Waals surface area contributed by atoms with Crippen molar-refractivity contribution in [2.24, 2.45) is 0 Å². The molecule has 0 aliphatic carbocycles. The number of nitrogens with zero attached hydrogens (tertiary/aromatic N) is 2. The van der Waals surface area contributed by atoms with Crippen molar-refractivity contribution in [1.29, 1.82) is 0 Å². The minimum absolute atomic E-state index is 0.0194. The van der Waals surface area contributed by atoms with E-state index in [1.807, 2.05) is 23.9 Å². The largest absolute Gasteiger partial charge is 0.372 e. The minimum atomic E-state index is -0.0491. The Bertz CT molecular complexity index is 752. The topological polar surface area (TPSA) is 95.6 Å². The highest BCUT2D eigenvalue weighted by Gasteiger charge is 2.42. The van der Waals surface area contributed by atoms with E-state index in [4.69, 9.17) is 4.74 Å². The van der Waals surface area contributed by atoms with Crippen LogP contribution in [0.5, 0.6) is 0 Å². The van der Waals surface area contributed by atoms with E-state index < -0.39 is 0 Å². The van der Waals surface area contributed by atoms with Gasteiger partial charge in [-0.2, -0.15) is 11.8 Å². The molecule has 3 N–H and O–H groups in total. The molecule has 0 spiro atoms. The van der Waals surface area contributed by atoms with Crippen LogP contribution in [-0.4, -0.2) is 65.3 Å². The van der Waals surface area contributed by atoms with E-state index in [1.165, 1.54) is 0 Å². The second kappa shape index (κ2) is 9.43. The van der Waals surface area contributed by atoms with Gasteiger partial charge in [-0.25, -0.2) is 9.78 Å². The molecule has 3 fully saturated rings. The fourth-order valence-corrected chi connectivity index (χ4v) is 6.05. The molecular weight excluding hydrogens is 402 g/mol. The molecule has 9 heteroatoms. The van der Waals surface area contributed by atoms with Crippen molar-refractivity contribution in [3.8, 4) is 0 Å². The van der Waals surface area contributed by atoms with Crippen LogP contribution in [0.25, 0.3) is 0 Å². The number of urea groups is 1. The highest BCUT2D eigenvalue weighted by molar-refractivity contribution is 8.00. The van der Waals surface area contributed by atoms with E-state index in [0.29, 0.717) is 11.7 Å². The summed E-state index contributed by atoms with van der Waals surface area (Å²) in [5, 5.41) is 9.36. The lowest BCUT2D eigenvalue weighted by atomic mass is 10.0. The van der Waals surface area contributed by atoms with Crippen molar-refractivity contribution in [2.75, 3.05) is 29.1 Å². The Balaban J connectivity index is 1.17. The number of aromatic nitrogens is 1. The van der Waals surface area contributed by atoms with E-state index in [2.05, 4.69) is 39.7 Å². The third kappa shape index (κ3) is 5.18. The van der Waals surface area contributed by atoms with E-state index in [0.717, 1.165) is 49.6 Å². The Kier molecular flexibility index (Phi) is 6.67. The van der Waals surface area contributed by atoms with Gasteiger partial charge in [-0.15, -0.1) is 0 Å². The molecule has 4 heterocycles. The van der Waals surface area contributed by atoms with Gasteiger partial charge in [0, 0.05) is 30.5 Å². The van der Waals surface area contributed by atoms with Gasteiger partial charge in [-0.1, -0.05) is 6.42 Å². The van der Waals surface area contributed by atoms with Gasteiger partial charge in [0.05, 0.1) is 36.2 Å². The zero-order valence-electron chi connectivity index (χ0n) is 17.6. The van der Waals surface area contributed by atoms with Crippen LogP contribution in [0.4, 0.5) is 16.3 Å². The Morgan fingerprint density at radius 1 is 1.27 bits per heavy atom. The number of nitrogens with one attached hydrogen (secondary N) is 3. The number of carbonyl (C=O) groups excluding carboxylic acids is 2. The van der Waals surface area contributed by atoms with Crippen molar-refractivity contribution in [3.63, 3.8) is 0 Å². The van der Waals surface area contributed by atoms with Gasteiger partial charge in [0.15, 0.2) is 0 Å². The number of morpholine rings is 1. The van der Waals surface area contributed by atoms with Crippen LogP contribution in [0.15, 0.2) is 18.3 Å². The molecule has 1 aromatic heterocycles. The molecule has 1 aromatic rings. The zero-order valence-corrected chi connectivity index (χ0v) is 18.4. The predicted molar refractivity (Wildman–Crippen MR) is 119 cm³/mol. The average Bonchev–Trinajstić information content (AvgIpc) is 3.24. The molecule has 3 aliphatic heterocycles. The second-order valence-corrected chi connectivity index (χ2v) is 9.76. The second-order valence-electron chi connectivity index (χ2n) is 8.48. The van der Waals surface area contributed by atoms with Crippen LogP contribution in [0.3, 0.4) is 0 Å². The van der Waals surface area contributed by atoms with Gasteiger partial charge in [0.1, 0.15) is 5.82 Å². The standard InChI is InChI=1S/C21H31N5O3S/c1-13-10-26(11-14(2)29-13)18-8-7-15(9-22-18)23-19(27)6-4-3-5-17-20-16(12-30-17)24-21(28)25-20/h7-9,13-14,16-17,20H,3-6,10-12H2,1-2H3,(H,23,27)(H2,24,25,28)/t13-,14-,16+,17+,20+/m1/s1. The molecular formula is C21H31N5O3S. The third-order valence-electron chi connectivity index (χ3n) is 5.86. The van der Waals surface area contributed by atoms with Gasteiger partial charge in [-0.3, -0.25) is 4.79 Å². The highest BCUT2D eigenvalue weighted by Crippen LogP contribution is 2.33. The Morgan fingerprint density at radius 3 is 2.80 bits per heavy atom. The van der Waals surface area contributed by atoms with Crippen molar-refractivity contribution >= 4 is 35.2 Å². The predicted octanol–water partition coefficient (Wildman–Crippen LogP) is 2.36. The number of thioether (sulfide) groups is 1. The number of unbranched alkanes of at least 4 members (excludes halogenated alkanes) is 1. The summed E-state index contributed by atoms with van der Waals surface area (Å²) in [5.41, 5.74) is 0.729. The van der Waals surface area contributed by atoms with Crippen LogP contribution in [0.1, 0.15) is 39.5 Å². The van der Waals surface area contributed by atoms with Crippen LogP contribution in [-0.2, 0) is 9.53 Å². The van der Waals surface area contributed by atoms with E-state index in [-0.39, 0.29) is 36.2 Å². The van der Waals surface area contributed by atoms with Crippen LogP contribution >= 0.6 is 11.8 Å². The first-order chi connectivity index (χ1) is 14.5. The molecule has 4 rings (SSSR count). The smallest absolute Gasteiger partial charge is 0.315 e. The van der Waals surface area contributed by atoms with Crippen molar-refractivity contribution < 1.29 is 14.3 Å². The lowest BCUT2D eigenvalue weighted by Gasteiger charge is -2.36. The van der Waals surface area contributed by atoms with Gasteiger partial charge in [0.25, 0.3) is 0 Å². The number of anilines is 2. The summed E-state index contributed by atoms with van der Waals surface area (Å²) in [5.74, 6) is 1.90. The molecule has 0 radical (unpaired) electrons. The SMILES string of the molecule is C[C@@H]1CN(c2ccc(NC(=O)CCCC[C@@H]3SC[C@@H]4NC(=O)N[C@@H]43)cn2)C[C@@H](C)O1. The number of fused-ring (bicyclic) bond motifs is 1. The number of hydrogen-bond acceptors (Lipinski definition) is 6. The summed E-state index contributed by atoms with van der Waals surface area (Å²) in [6.45, 7) is 5.79. The summed E-state index contributed by atoms with van der Waals surface area (Å²) in [6, 6.07) is 4.31. The van der Waals surface area contributed by atoms with E-state index in [1.54, 1.807) is 6.20 Å². The number of carbonyl (C=O) groups is 2. The minimum Gasteiger partial charge on any atom is -0.372 e.